The molecule has 0 bridgehead atoms. The molecule has 6 rings (SSSR count). The zero-order valence-electron chi connectivity index (χ0n) is 23.7. The van der Waals surface area contributed by atoms with Gasteiger partial charge in [-0.1, -0.05) is 12.2 Å². The summed E-state index contributed by atoms with van der Waals surface area (Å²) in [5.41, 5.74) is 3.42. The van der Waals surface area contributed by atoms with Crippen molar-refractivity contribution in [1.82, 2.24) is 9.96 Å². The number of hydrogen-bond acceptors (Lipinski definition) is 8. The summed E-state index contributed by atoms with van der Waals surface area (Å²) in [6.07, 6.45) is 7.16. The lowest BCUT2D eigenvalue weighted by Gasteiger charge is -2.29. The van der Waals surface area contributed by atoms with Gasteiger partial charge in [-0.15, -0.1) is 5.06 Å². The number of carboxylic acid groups (broad SMARTS) is 1. The lowest BCUT2D eigenvalue weighted by Crippen LogP contribution is -2.44. The van der Waals surface area contributed by atoms with E-state index in [0.717, 1.165) is 5.69 Å². The fraction of sp³-hybridized carbons (Fsp3) is 0.281. The van der Waals surface area contributed by atoms with Gasteiger partial charge in [-0.25, -0.2) is 9.59 Å². The SMILES string of the molecule is CN(C)c1ccc2c(c1)OC1=CCC=CC1=C2c1cc(C(=O)N2CCCC2C(=O)ON2C(=O)CCC2=O)ccc1C(=O)O. The zero-order chi connectivity index (χ0) is 30.4. The minimum atomic E-state index is -1.16. The van der Waals surface area contributed by atoms with Crippen molar-refractivity contribution in [2.75, 3.05) is 25.5 Å². The fourth-order valence-electron chi connectivity index (χ4n) is 5.79. The van der Waals surface area contributed by atoms with Gasteiger partial charge in [0.1, 0.15) is 17.6 Å². The molecule has 3 aliphatic heterocycles. The number of rotatable bonds is 6. The Bertz CT molecular complexity index is 1670. The predicted octanol–water partition coefficient (Wildman–Crippen LogP) is 3.70. The number of carbonyl (C=O) groups is 5. The predicted molar refractivity (Wildman–Crippen MR) is 154 cm³/mol. The van der Waals surface area contributed by atoms with Gasteiger partial charge in [0, 0.05) is 67.5 Å². The molecule has 1 aliphatic carbocycles. The van der Waals surface area contributed by atoms with E-state index in [4.69, 9.17) is 9.57 Å². The maximum absolute atomic E-state index is 13.8. The number of nitrogens with zero attached hydrogens (tertiary/aromatic N) is 3. The van der Waals surface area contributed by atoms with Crippen molar-refractivity contribution in [1.29, 1.82) is 0 Å². The van der Waals surface area contributed by atoms with Crippen LogP contribution >= 0.6 is 0 Å². The average Bonchev–Trinajstić information content (AvgIpc) is 3.61. The molecule has 0 spiro atoms. The maximum Gasteiger partial charge on any atom is 0.355 e. The van der Waals surface area contributed by atoms with Crippen LogP contribution in [-0.4, -0.2) is 71.4 Å². The smallest absolute Gasteiger partial charge is 0.355 e. The summed E-state index contributed by atoms with van der Waals surface area (Å²) in [7, 11) is 3.82. The highest BCUT2D eigenvalue weighted by Crippen LogP contribution is 2.45. The van der Waals surface area contributed by atoms with E-state index in [0.29, 0.717) is 58.1 Å². The first-order valence-corrected chi connectivity index (χ1v) is 14.0. The van der Waals surface area contributed by atoms with Crippen LogP contribution in [0.15, 0.2) is 66.0 Å². The molecule has 0 radical (unpaired) electrons. The van der Waals surface area contributed by atoms with Gasteiger partial charge in [-0.05, 0) is 61.2 Å². The van der Waals surface area contributed by atoms with E-state index in [9.17, 15) is 29.1 Å². The molecular formula is C32H29N3O8. The van der Waals surface area contributed by atoms with Crippen LogP contribution in [0.5, 0.6) is 5.75 Å². The van der Waals surface area contributed by atoms with Gasteiger partial charge in [-0.3, -0.25) is 14.4 Å². The van der Waals surface area contributed by atoms with Gasteiger partial charge < -0.3 is 24.5 Å². The van der Waals surface area contributed by atoms with Crippen molar-refractivity contribution in [3.63, 3.8) is 0 Å². The molecule has 220 valence electrons. The third-order valence-electron chi connectivity index (χ3n) is 7.97. The molecule has 2 saturated heterocycles. The van der Waals surface area contributed by atoms with Gasteiger partial charge in [0.2, 0.25) is 0 Å². The number of carboxylic acids is 1. The molecule has 11 nitrogen and oxygen atoms in total. The molecule has 11 heteroatoms. The Morgan fingerprint density at radius 2 is 1.79 bits per heavy atom. The minimum Gasteiger partial charge on any atom is -0.478 e. The highest BCUT2D eigenvalue weighted by molar-refractivity contribution is 6.05. The number of ether oxygens (including phenoxy) is 1. The van der Waals surface area contributed by atoms with E-state index in [1.165, 1.54) is 23.1 Å². The Morgan fingerprint density at radius 1 is 1.02 bits per heavy atom. The molecule has 4 aliphatic rings. The summed E-state index contributed by atoms with van der Waals surface area (Å²) in [5, 5.41) is 10.7. The van der Waals surface area contributed by atoms with E-state index in [2.05, 4.69) is 0 Å². The van der Waals surface area contributed by atoms with Gasteiger partial charge in [0.05, 0.1) is 5.56 Å². The Morgan fingerprint density at radius 3 is 2.51 bits per heavy atom. The molecule has 2 fully saturated rings. The molecule has 43 heavy (non-hydrogen) atoms. The normalized spacial score (nSPS) is 19.1. The molecule has 1 atom stereocenters. The summed E-state index contributed by atoms with van der Waals surface area (Å²) in [5.74, 6) is -2.55. The quantitative estimate of drug-likeness (QED) is 0.505. The van der Waals surface area contributed by atoms with Crippen LogP contribution in [0.25, 0.3) is 5.57 Å². The van der Waals surface area contributed by atoms with Crippen LogP contribution in [0.1, 0.15) is 63.9 Å². The largest absolute Gasteiger partial charge is 0.478 e. The van der Waals surface area contributed by atoms with Crippen LogP contribution in [-0.2, 0) is 19.2 Å². The fourth-order valence-corrected chi connectivity index (χ4v) is 5.79. The van der Waals surface area contributed by atoms with Gasteiger partial charge >= 0.3 is 11.9 Å². The van der Waals surface area contributed by atoms with Crippen LogP contribution in [0, 0.1) is 0 Å². The summed E-state index contributed by atoms with van der Waals surface area (Å²) < 4.78 is 6.25. The van der Waals surface area contributed by atoms with E-state index >= 15 is 0 Å². The van der Waals surface area contributed by atoms with Crippen molar-refractivity contribution in [3.8, 4) is 5.75 Å². The number of aromatic carboxylic acids is 1. The second kappa shape index (κ2) is 10.9. The van der Waals surface area contributed by atoms with Crippen LogP contribution < -0.4 is 9.64 Å². The standard InChI is InChI=1S/C32H29N3O8/c1-33(2)19-10-12-22-26(17-19)42-25-8-4-3-6-21(25)29(22)23-16-18(9-11-20(23)31(39)40)30(38)34-15-5-7-24(34)32(41)43-35-27(36)13-14-28(35)37/h3,6,8-12,16-17,24H,4-5,7,13-15H2,1-2H3,(H,39,40). The van der Waals surface area contributed by atoms with Crippen molar-refractivity contribution < 1.29 is 38.7 Å². The average molecular weight is 584 g/mol. The Kier molecular flexibility index (Phi) is 7.09. The first-order valence-electron chi connectivity index (χ1n) is 14.0. The monoisotopic (exact) mass is 583 g/mol. The number of amides is 3. The first-order chi connectivity index (χ1) is 20.6. The summed E-state index contributed by atoms with van der Waals surface area (Å²) in [4.78, 5) is 71.6. The number of hydroxylamine groups is 2. The lowest BCUT2D eigenvalue weighted by molar-refractivity contribution is -0.200. The van der Waals surface area contributed by atoms with Crippen molar-refractivity contribution in [3.05, 3.63) is 88.2 Å². The number of fused-ring (bicyclic) bond motifs is 2. The second-order valence-electron chi connectivity index (χ2n) is 10.9. The molecule has 0 saturated carbocycles. The topological polar surface area (TPSA) is 134 Å². The summed E-state index contributed by atoms with van der Waals surface area (Å²) in [6.45, 7) is 0.254. The molecule has 2 aromatic rings. The van der Waals surface area contributed by atoms with Gasteiger partial charge in [0.25, 0.3) is 17.7 Å². The van der Waals surface area contributed by atoms with Crippen molar-refractivity contribution in [2.45, 2.75) is 38.1 Å². The molecule has 0 aromatic heterocycles. The van der Waals surface area contributed by atoms with E-state index < -0.39 is 35.7 Å². The lowest BCUT2D eigenvalue weighted by atomic mass is 9.84. The Hall–Kier alpha value is -5.19. The third-order valence-corrected chi connectivity index (χ3v) is 7.97. The molecule has 3 amide bonds. The van der Waals surface area contributed by atoms with Crippen molar-refractivity contribution in [2.24, 2.45) is 0 Å². The Balaban J connectivity index is 1.40. The van der Waals surface area contributed by atoms with E-state index in [1.54, 1.807) is 0 Å². The first kappa shape index (κ1) is 28.0. The number of allylic oxidation sites excluding steroid dienone is 3. The van der Waals surface area contributed by atoms with E-state index in [-0.39, 0.29) is 30.5 Å². The summed E-state index contributed by atoms with van der Waals surface area (Å²) >= 11 is 0. The number of anilines is 1. The van der Waals surface area contributed by atoms with Gasteiger partial charge in [-0.2, -0.15) is 0 Å². The number of imide groups is 1. The number of carbonyl (C=O) groups excluding carboxylic acids is 4. The number of likely N-dealkylation sites (tertiary alicyclic amines) is 1. The molecule has 2 aromatic carbocycles. The molecule has 1 N–H and O–H groups in total. The highest BCUT2D eigenvalue weighted by atomic mass is 16.7. The molecule has 1 unspecified atom stereocenters. The molecular weight excluding hydrogens is 554 g/mol. The maximum atomic E-state index is 13.8. The minimum absolute atomic E-state index is 0.00495. The Labute approximate surface area is 247 Å². The van der Waals surface area contributed by atoms with Crippen LogP contribution in [0.3, 0.4) is 0 Å². The second-order valence-corrected chi connectivity index (χ2v) is 10.9. The number of benzene rings is 2. The van der Waals surface area contributed by atoms with Gasteiger partial charge in [0.15, 0.2) is 0 Å². The van der Waals surface area contributed by atoms with Crippen molar-refractivity contribution >= 4 is 40.9 Å². The van der Waals surface area contributed by atoms with Crippen LogP contribution in [0.4, 0.5) is 5.69 Å². The van der Waals surface area contributed by atoms with Crippen LogP contribution in [0.2, 0.25) is 0 Å². The number of hydrogen-bond donors (Lipinski definition) is 1. The highest BCUT2D eigenvalue weighted by Gasteiger charge is 2.40. The molecule has 3 heterocycles. The van der Waals surface area contributed by atoms with E-state index in [1.807, 2.05) is 55.4 Å². The summed E-state index contributed by atoms with van der Waals surface area (Å²) in [6, 6.07) is 9.03. The third kappa shape index (κ3) is 4.96. The zero-order valence-corrected chi connectivity index (χ0v) is 23.7.